The summed E-state index contributed by atoms with van der Waals surface area (Å²) in [5.74, 6) is -0.859. The molecular weight excluding hydrogens is 310 g/mol. The summed E-state index contributed by atoms with van der Waals surface area (Å²) in [5, 5.41) is 19.2. The third-order valence-corrected chi connectivity index (χ3v) is 3.84. The van der Waals surface area contributed by atoms with Crippen LogP contribution in [0.2, 0.25) is 0 Å². The number of carboxylic acid groups (broad SMARTS) is 1. The highest BCUT2D eigenvalue weighted by Gasteiger charge is 2.34. The van der Waals surface area contributed by atoms with Crippen molar-refractivity contribution < 1.29 is 24.5 Å². The Hall–Kier alpha value is -3.15. The zero-order valence-corrected chi connectivity index (χ0v) is 13.0. The Morgan fingerprint density at radius 3 is 2.58 bits per heavy atom. The van der Waals surface area contributed by atoms with E-state index in [-0.39, 0.29) is 17.2 Å². The minimum atomic E-state index is -1.15. The molecule has 1 atom stereocenters. The fourth-order valence-electron chi connectivity index (χ4n) is 2.82. The largest absolute Gasteiger partial charge is 0.508 e. The van der Waals surface area contributed by atoms with Gasteiger partial charge in [0.1, 0.15) is 22.8 Å². The van der Waals surface area contributed by atoms with Crippen LogP contribution in [0.1, 0.15) is 24.0 Å². The molecule has 0 saturated heterocycles. The average molecular weight is 327 g/mol. The van der Waals surface area contributed by atoms with E-state index in [0.29, 0.717) is 23.7 Å². The van der Waals surface area contributed by atoms with Gasteiger partial charge in [-0.05, 0) is 30.7 Å². The third kappa shape index (κ3) is 2.74. The summed E-state index contributed by atoms with van der Waals surface area (Å²) in [6.07, 6.45) is 0. The summed E-state index contributed by atoms with van der Waals surface area (Å²) in [6.45, 7) is 2.44. The molecule has 3 rings (SSSR count). The number of phenolic OH excluding ortho intramolecular Hbond substituents is 1. The molecule has 0 radical (unpaired) electrons. The van der Waals surface area contributed by atoms with Gasteiger partial charge >= 0.3 is 5.97 Å². The molecule has 124 valence electrons. The molecular formula is C18H17NO5. The summed E-state index contributed by atoms with van der Waals surface area (Å²) in [5.41, 5.74) is 7.16. The second-order valence-corrected chi connectivity index (χ2v) is 5.34. The lowest BCUT2D eigenvalue weighted by Gasteiger charge is -2.27. The van der Waals surface area contributed by atoms with Crippen molar-refractivity contribution in [1.29, 1.82) is 0 Å². The van der Waals surface area contributed by atoms with E-state index in [1.54, 1.807) is 30.3 Å². The van der Waals surface area contributed by atoms with Crippen LogP contribution in [0.15, 0.2) is 53.9 Å². The normalized spacial score (nSPS) is 16.3. The van der Waals surface area contributed by atoms with Crippen molar-refractivity contribution in [2.24, 2.45) is 5.73 Å². The Labute approximate surface area is 138 Å². The first kappa shape index (κ1) is 15.7. The lowest BCUT2D eigenvalue weighted by atomic mass is 9.83. The molecule has 0 fully saturated rings. The topological polar surface area (TPSA) is 102 Å². The minimum Gasteiger partial charge on any atom is -0.508 e. The fourth-order valence-corrected chi connectivity index (χ4v) is 2.82. The standard InChI is InChI=1S/C18H17NO5/c1-2-23-12-6-3-10(4-7-12)15-13-8-5-11(20)9-14(13)24-17(19)16(15)18(21)22/h3-9,15,20H,2,19H2,1H3,(H,21,22). The van der Waals surface area contributed by atoms with Gasteiger partial charge in [-0.15, -0.1) is 0 Å². The highest BCUT2D eigenvalue weighted by molar-refractivity contribution is 5.91. The van der Waals surface area contributed by atoms with E-state index in [1.165, 1.54) is 12.1 Å². The molecule has 1 aliphatic heterocycles. The Morgan fingerprint density at radius 1 is 1.25 bits per heavy atom. The number of phenols is 1. The number of aliphatic carboxylic acids is 1. The second-order valence-electron chi connectivity index (χ2n) is 5.34. The van der Waals surface area contributed by atoms with Gasteiger partial charge in [0, 0.05) is 11.6 Å². The molecule has 6 nitrogen and oxygen atoms in total. The smallest absolute Gasteiger partial charge is 0.337 e. The molecule has 0 saturated carbocycles. The summed E-state index contributed by atoms with van der Waals surface area (Å²) < 4.78 is 10.8. The van der Waals surface area contributed by atoms with Crippen LogP contribution in [-0.4, -0.2) is 22.8 Å². The molecule has 0 amide bonds. The van der Waals surface area contributed by atoms with Gasteiger partial charge in [-0.3, -0.25) is 0 Å². The number of carbonyl (C=O) groups is 1. The van der Waals surface area contributed by atoms with Crippen LogP contribution in [0.3, 0.4) is 0 Å². The van der Waals surface area contributed by atoms with Gasteiger partial charge in [-0.1, -0.05) is 18.2 Å². The Morgan fingerprint density at radius 2 is 1.96 bits per heavy atom. The van der Waals surface area contributed by atoms with Crippen LogP contribution >= 0.6 is 0 Å². The van der Waals surface area contributed by atoms with Crippen molar-refractivity contribution in [3.05, 3.63) is 65.0 Å². The quantitative estimate of drug-likeness (QED) is 0.798. The van der Waals surface area contributed by atoms with Crippen LogP contribution in [0.5, 0.6) is 17.2 Å². The van der Waals surface area contributed by atoms with Gasteiger partial charge in [-0.25, -0.2) is 4.79 Å². The zero-order valence-electron chi connectivity index (χ0n) is 13.0. The van der Waals surface area contributed by atoms with Crippen molar-refractivity contribution >= 4 is 5.97 Å². The van der Waals surface area contributed by atoms with Gasteiger partial charge < -0.3 is 25.4 Å². The lowest BCUT2D eigenvalue weighted by Crippen LogP contribution is -2.26. The SMILES string of the molecule is CCOc1ccc(C2C(C(=O)O)=C(N)Oc3cc(O)ccc32)cc1. The van der Waals surface area contributed by atoms with Crippen molar-refractivity contribution in [3.8, 4) is 17.2 Å². The molecule has 0 aromatic heterocycles. The third-order valence-electron chi connectivity index (χ3n) is 3.84. The number of ether oxygens (including phenoxy) is 2. The number of carboxylic acids is 1. The highest BCUT2D eigenvalue weighted by atomic mass is 16.5. The van der Waals surface area contributed by atoms with E-state index in [1.807, 2.05) is 6.92 Å². The van der Waals surface area contributed by atoms with Gasteiger partial charge in [0.25, 0.3) is 0 Å². The van der Waals surface area contributed by atoms with Gasteiger partial charge in [0.2, 0.25) is 5.88 Å². The van der Waals surface area contributed by atoms with Crippen molar-refractivity contribution in [1.82, 2.24) is 0 Å². The molecule has 1 heterocycles. The Kier molecular flexibility index (Phi) is 4.04. The minimum absolute atomic E-state index is 0.0192. The molecule has 0 spiro atoms. The van der Waals surface area contributed by atoms with E-state index in [9.17, 15) is 15.0 Å². The first-order valence-electron chi connectivity index (χ1n) is 7.47. The van der Waals surface area contributed by atoms with Crippen LogP contribution < -0.4 is 15.2 Å². The van der Waals surface area contributed by atoms with Crippen LogP contribution in [0.4, 0.5) is 0 Å². The number of fused-ring (bicyclic) bond motifs is 1. The average Bonchev–Trinajstić information content (AvgIpc) is 2.54. The zero-order chi connectivity index (χ0) is 17.3. The number of hydrogen-bond donors (Lipinski definition) is 3. The van der Waals surface area contributed by atoms with E-state index >= 15 is 0 Å². The molecule has 0 aliphatic carbocycles. The van der Waals surface area contributed by atoms with Crippen LogP contribution in [0.25, 0.3) is 0 Å². The molecule has 0 bridgehead atoms. The second kappa shape index (κ2) is 6.16. The highest BCUT2D eigenvalue weighted by Crippen LogP contribution is 2.43. The maximum absolute atomic E-state index is 11.7. The van der Waals surface area contributed by atoms with E-state index < -0.39 is 11.9 Å². The predicted octanol–water partition coefficient (Wildman–Crippen LogP) is 2.57. The molecule has 4 N–H and O–H groups in total. The van der Waals surface area contributed by atoms with E-state index in [4.69, 9.17) is 15.2 Å². The molecule has 2 aromatic rings. The molecule has 1 unspecified atom stereocenters. The molecule has 2 aromatic carbocycles. The van der Waals surface area contributed by atoms with Gasteiger partial charge in [0.15, 0.2) is 0 Å². The van der Waals surface area contributed by atoms with Crippen LogP contribution in [-0.2, 0) is 4.79 Å². The summed E-state index contributed by atoms with van der Waals surface area (Å²) in [4.78, 5) is 11.7. The number of aromatic hydroxyl groups is 1. The summed E-state index contributed by atoms with van der Waals surface area (Å²) in [6, 6.07) is 11.7. The lowest BCUT2D eigenvalue weighted by molar-refractivity contribution is -0.133. The van der Waals surface area contributed by atoms with Crippen molar-refractivity contribution in [3.63, 3.8) is 0 Å². The van der Waals surface area contributed by atoms with Gasteiger partial charge in [0.05, 0.1) is 12.5 Å². The first-order chi connectivity index (χ1) is 11.5. The van der Waals surface area contributed by atoms with E-state index in [0.717, 1.165) is 5.56 Å². The van der Waals surface area contributed by atoms with Crippen LogP contribution in [0, 0.1) is 0 Å². The maximum atomic E-state index is 11.7. The molecule has 6 heteroatoms. The maximum Gasteiger partial charge on any atom is 0.337 e. The number of nitrogens with two attached hydrogens (primary N) is 1. The molecule has 1 aliphatic rings. The number of benzene rings is 2. The van der Waals surface area contributed by atoms with Crippen molar-refractivity contribution in [2.45, 2.75) is 12.8 Å². The monoisotopic (exact) mass is 327 g/mol. The number of rotatable bonds is 4. The summed E-state index contributed by atoms with van der Waals surface area (Å²) >= 11 is 0. The van der Waals surface area contributed by atoms with Crippen molar-refractivity contribution in [2.75, 3.05) is 6.61 Å². The fraction of sp³-hybridized carbons (Fsp3) is 0.167. The number of hydrogen-bond acceptors (Lipinski definition) is 5. The first-order valence-corrected chi connectivity index (χ1v) is 7.47. The van der Waals surface area contributed by atoms with Gasteiger partial charge in [-0.2, -0.15) is 0 Å². The molecule has 24 heavy (non-hydrogen) atoms. The Balaban J connectivity index is 2.13. The van der Waals surface area contributed by atoms with E-state index in [2.05, 4.69) is 0 Å². The summed E-state index contributed by atoms with van der Waals surface area (Å²) in [7, 11) is 0. The Bertz CT molecular complexity index is 811. The predicted molar refractivity (Wildman–Crippen MR) is 87.0 cm³/mol.